The van der Waals surface area contributed by atoms with Gasteiger partial charge in [0.25, 0.3) is 11.8 Å². The van der Waals surface area contributed by atoms with E-state index in [1.165, 1.54) is 6.07 Å². The van der Waals surface area contributed by atoms with E-state index < -0.39 is 11.8 Å². The molecule has 2 aromatic heterocycles. The van der Waals surface area contributed by atoms with Crippen LogP contribution in [-0.2, 0) is 6.54 Å². The second kappa shape index (κ2) is 8.23. The fraction of sp³-hybridized carbons (Fsp3) is 0.136. The van der Waals surface area contributed by atoms with E-state index in [9.17, 15) is 9.59 Å². The molecule has 9 heteroatoms. The molecule has 156 valence electrons. The van der Waals surface area contributed by atoms with E-state index in [4.69, 9.17) is 10.5 Å². The minimum absolute atomic E-state index is 0.0173. The van der Waals surface area contributed by atoms with Crippen molar-refractivity contribution in [2.45, 2.75) is 13.5 Å². The summed E-state index contributed by atoms with van der Waals surface area (Å²) in [7, 11) is 1.62. The van der Waals surface area contributed by atoms with Crippen LogP contribution in [0.5, 0.6) is 5.75 Å². The van der Waals surface area contributed by atoms with Gasteiger partial charge in [-0.15, -0.1) is 5.10 Å². The summed E-state index contributed by atoms with van der Waals surface area (Å²) in [5.74, 6) is -0.0333. The summed E-state index contributed by atoms with van der Waals surface area (Å²) in [6, 6.07) is 16.0. The summed E-state index contributed by atoms with van der Waals surface area (Å²) in [5, 5.41) is 11.6. The first-order valence-electron chi connectivity index (χ1n) is 9.50. The van der Waals surface area contributed by atoms with Crippen LogP contribution in [0.2, 0.25) is 0 Å². The Morgan fingerprint density at radius 1 is 1.13 bits per heavy atom. The van der Waals surface area contributed by atoms with Gasteiger partial charge in [0.05, 0.1) is 30.4 Å². The molecule has 3 N–H and O–H groups in total. The number of hydrogen-bond donors (Lipinski definition) is 2. The van der Waals surface area contributed by atoms with Crippen LogP contribution < -0.4 is 15.8 Å². The summed E-state index contributed by atoms with van der Waals surface area (Å²) in [4.78, 5) is 28.9. The van der Waals surface area contributed by atoms with Crippen LogP contribution >= 0.6 is 0 Å². The first kappa shape index (κ1) is 20.0. The molecule has 0 saturated heterocycles. The largest absolute Gasteiger partial charge is 0.497 e. The number of methoxy groups -OCH3 is 1. The maximum absolute atomic E-state index is 13.0. The van der Waals surface area contributed by atoms with E-state index >= 15 is 0 Å². The number of carbonyl (C=O) groups is 2. The molecule has 2 heterocycles. The van der Waals surface area contributed by atoms with Crippen molar-refractivity contribution in [3.8, 4) is 5.75 Å². The zero-order valence-corrected chi connectivity index (χ0v) is 17.0. The Labute approximate surface area is 177 Å². The van der Waals surface area contributed by atoms with Crippen LogP contribution in [0.1, 0.15) is 32.1 Å². The van der Waals surface area contributed by atoms with Crippen LogP contribution in [0.15, 0.2) is 54.6 Å². The van der Waals surface area contributed by atoms with Crippen LogP contribution in [0.25, 0.3) is 10.9 Å². The lowest BCUT2D eigenvalue weighted by molar-refractivity contribution is 0.0996. The van der Waals surface area contributed by atoms with Crippen molar-refractivity contribution in [3.05, 3.63) is 77.1 Å². The highest BCUT2D eigenvalue weighted by Gasteiger charge is 2.18. The Hall–Kier alpha value is -4.27. The molecule has 2 aromatic carbocycles. The molecule has 0 aliphatic carbocycles. The van der Waals surface area contributed by atoms with Crippen molar-refractivity contribution in [1.29, 1.82) is 0 Å². The lowest BCUT2D eigenvalue weighted by Crippen LogP contribution is -2.18. The number of nitrogens with zero attached hydrogens (tertiary/aromatic N) is 4. The van der Waals surface area contributed by atoms with Gasteiger partial charge in [-0.2, -0.15) is 0 Å². The summed E-state index contributed by atoms with van der Waals surface area (Å²) in [6.45, 7) is 2.31. The average Bonchev–Trinajstić information content (AvgIpc) is 3.12. The van der Waals surface area contributed by atoms with Crippen LogP contribution in [0.4, 0.5) is 5.82 Å². The third-order valence-electron chi connectivity index (χ3n) is 4.92. The first-order valence-corrected chi connectivity index (χ1v) is 9.50. The van der Waals surface area contributed by atoms with E-state index in [2.05, 4.69) is 20.6 Å². The summed E-state index contributed by atoms with van der Waals surface area (Å²) in [6.07, 6.45) is 0. The Bertz CT molecular complexity index is 1280. The molecule has 4 aromatic rings. The van der Waals surface area contributed by atoms with Crippen LogP contribution in [-0.4, -0.2) is 38.9 Å². The average molecular weight is 416 g/mol. The molecule has 0 unspecified atom stereocenters. The SMILES string of the molecule is COc1ccc(Cn2nnc(NC(=O)c3cc(C(N)=O)nc4ccccc34)c2C)cc1. The van der Waals surface area contributed by atoms with Crippen molar-refractivity contribution < 1.29 is 14.3 Å². The van der Waals surface area contributed by atoms with Gasteiger partial charge in [0.15, 0.2) is 5.82 Å². The Balaban J connectivity index is 1.60. The van der Waals surface area contributed by atoms with Gasteiger partial charge in [-0.1, -0.05) is 35.5 Å². The van der Waals surface area contributed by atoms with Crippen molar-refractivity contribution in [2.24, 2.45) is 5.73 Å². The molecule has 31 heavy (non-hydrogen) atoms. The number of aromatic nitrogens is 4. The number of rotatable bonds is 6. The highest BCUT2D eigenvalue weighted by Crippen LogP contribution is 2.21. The summed E-state index contributed by atoms with van der Waals surface area (Å²) >= 11 is 0. The Kier molecular flexibility index (Phi) is 5.31. The third kappa shape index (κ3) is 4.06. The highest BCUT2D eigenvalue weighted by molar-refractivity contribution is 6.13. The van der Waals surface area contributed by atoms with E-state index in [0.717, 1.165) is 11.3 Å². The molecule has 0 aliphatic heterocycles. The molecule has 0 radical (unpaired) electrons. The Morgan fingerprint density at radius 2 is 1.87 bits per heavy atom. The third-order valence-corrected chi connectivity index (χ3v) is 4.92. The molecule has 4 rings (SSSR count). The number of hydrogen-bond acceptors (Lipinski definition) is 6. The van der Waals surface area contributed by atoms with Crippen LogP contribution in [0, 0.1) is 6.92 Å². The number of pyridine rings is 1. The molecule has 0 atom stereocenters. The number of amides is 2. The smallest absolute Gasteiger partial charge is 0.267 e. The van der Waals surface area contributed by atoms with Crippen molar-refractivity contribution in [1.82, 2.24) is 20.0 Å². The number of fused-ring (bicyclic) bond motifs is 1. The van der Waals surface area contributed by atoms with E-state index in [0.29, 0.717) is 29.0 Å². The number of benzene rings is 2. The predicted octanol–water partition coefficient (Wildman–Crippen LogP) is 2.54. The fourth-order valence-electron chi connectivity index (χ4n) is 3.19. The van der Waals surface area contributed by atoms with Gasteiger partial charge in [-0.25, -0.2) is 9.67 Å². The van der Waals surface area contributed by atoms with Crippen molar-refractivity contribution >= 4 is 28.5 Å². The molecule has 0 fully saturated rings. The standard InChI is InChI=1S/C22H20N6O3/c1-13-21(26-27-28(13)12-14-7-9-15(31-2)10-8-14)25-22(30)17-11-19(20(23)29)24-18-6-4-3-5-16(17)18/h3-11H,12H2,1-2H3,(H2,23,29)(H,25,30). The van der Waals surface area contributed by atoms with Gasteiger partial charge in [0, 0.05) is 5.39 Å². The quantitative estimate of drug-likeness (QED) is 0.498. The van der Waals surface area contributed by atoms with Crippen LogP contribution in [0.3, 0.4) is 0 Å². The first-order chi connectivity index (χ1) is 15.0. The van der Waals surface area contributed by atoms with Gasteiger partial charge in [-0.05, 0) is 36.8 Å². The number of primary amides is 1. The fourth-order valence-corrected chi connectivity index (χ4v) is 3.19. The van der Waals surface area contributed by atoms with Gasteiger partial charge in [-0.3, -0.25) is 9.59 Å². The minimum atomic E-state index is -0.707. The maximum Gasteiger partial charge on any atom is 0.267 e. The Morgan fingerprint density at radius 3 is 2.58 bits per heavy atom. The lowest BCUT2D eigenvalue weighted by Gasteiger charge is -2.09. The minimum Gasteiger partial charge on any atom is -0.497 e. The normalized spacial score (nSPS) is 10.8. The topological polar surface area (TPSA) is 125 Å². The second-order valence-corrected chi connectivity index (χ2v) is 6.92. The van der Waals surface area contributed by atoms with Crippen molar-refractivity contribution in [3.63, 3.8) is 0 Å². The zero-order valence-electron chi connectivity index (χ0n) is 17.0. The molecule has 0 bridgehead atoms. The van der Waals surface area contributed by atoms with E-state index in [1.807, 2.05) is 31.2 Å². The predicted molar refractivity (Wildman–Crippen MR) is 115 cm³/mol. The molecular weight excluding hydrogens is 396 g/mol. The van der Waals surface area contributed by atoms with Gasteiger partial charge < -0.3 is 15.8 Å². The maximum atomic E-state index is 13.0. The van der Waals surface area contributed by atoms with E-state index in [1.54, 1.807) is 36.1 Å². The van der Waals surface area contributed by atoms with Crippen molar-refractivity contribution in [2.75, 3.05) is 12.4 Å². The number of para-hydroxylation sites is 1. The lowest BCUT2D eigenvalue weighted by atomic mass is 10.1. The molecular formula is C22H20N6O3. The molecule has 2 amide bonds. The number of nitrogens with one attached hydrogen (secondary N) is 1. The molecule has 0 aliphatic rings. The summed E-state index contributed by atoms with van der Waals surface area (Å²) < 4.78 is 6.86. The van der Waals surface area contributed by atoms with Gasteiger partial charge >= 0.3 is 0 Å². The highest BCUT2D eigenvalue weighted by atomic mass is 16.5. The molecule has 0 saturated carbocycles. The number of anilines is 1. The number of carbonyl (C=O) groups excluding carboxylic acids is 2. The second-order valence-electron chi connectivity index (χ2n) is 6.92. The zero-order chi connectivity index (χ0) is 22.0. The van der Waals surface area contributed by atoms with Gasteiger partial charge in [0.2, 0.25) is 0 Å². The molecule has 9 nitrogen and oxygen atoms in total. The van der Waals surface area contributed by atoms with E-state index in [-0.39, 0.29) is 11.3 Å². The number of nitrogens with two attached hydrogens (primary N) is 1. The van der Waals surface area contributed by atoms with Gasteiger partial charge in [0.1, 0.15) is 11.4 Å². The molecule has 0 spiro atoms. The monoisotopic (exact) mass is 416 g/mol. The summed E-state index contributed by atoms with van der Waals surface area (Å²) in [5.41, 5.74) is 7.88. The number of ether oxygens (including phenoxy) is 1.